The highest BCUT2D eigenvalue weighted by atomic mass is 32.2. The van der Waals surface area contributed by atoms with Gasteiger partial charge in [0.1, 0.15) is 0 Å². The van der Waals surface area contributed by atoms with E-state index in [1.807, 2.05) is 0 Å². The fourth-order valence-electron chi connectivity index (χ4n) is 4.88. The Balaban J connectivity index is 1.59. The Kier molecular flexibility index (Phi) is 6.08. The monoisotopic (exact) mass is 337 g/mol. The van der Waals surface area contributed by atoms with E-state index in [9.17, 15) is 9.90 Å². The summed E-state index contributed by atoms with van der Waals surface area (Å²) < 4.78 is 0. The average molecular weight is 338 g/mol. The molecule has 3 nitrogen and oxygen atoms in total. The van der Waals surface area contributed by atoms with Gasteiger partial charge in [0.25, 0.3) is 0 Å². The molecule has 3 aliphatic rings. The minimum Gasteiger partial charge on any atom is -0.481 e. The van der Waals surface area contributed by atoms with Gasteiger partial charge < -0.3 is 10.0 Å². The maximum absolute atomic E-state index is 11.3. The van der Waals surface area contributed by atoms with E-state index >= 15 is 0 Å². The van der Waals surface area contributed by atoms with E-state index in [1.54, 1.807) is 0 Å². The lowest BCUT2D eigenvalue weighted by molar-refractivity contribution is -0.138. The summed E-state index contributed by atoms with van der Waals surface area (Å²) >= 11 is 2.06. The molecular weight excluding hydrogens is 306 g/mol. The molecule has 0 spiro atoms. The highest BCUT2D eigenvalue weighted by Crippen LogP contribution is 2.43. The molecule has 0 aromatic rings. The standard InChI is InChI=1S/C19H31NO2S/c1-2-14-8-18(23-13-14)17-12-20(11-16(17)9-19(21)22)10-15-6-4-3-5-7-15/h2,14-18H,1,3-13H2,(H,21,22). The Morgan fingerprint density at radius 1 is 1.26 bits per heavy atom. The van der Waals surface area contributed by atoms with Crippen LogP contribution in [0.25, 0.3) is 0 Å². The number of thioether (sulfide) groups is 1. The maximum Gasteiger partial charge on any atom is 0.303 e. The van der Waals surface area contributed by atoms with Gasteiger partial charge in [-0.1, -0.05) is 25.3 Å². The van der Waals surface area contributed by atoms with Crippen molar-refractivity contribution in [2.24, 2.45) is 23.7 Å². The lowest BCUT2D eigenvalue weighted by Crippen LogP contribution is -2.30. The van der Waals surface area contributed by atoms with Gasteiger partial charge in [-0.2, -0.15) is 11.8 Å². The van der Waals surface area contributed by atoms with Crippen molar-refractivity contribution < 1.29 is 9.90 Å². The van der Waals surface area contributed by atoms with Crippen LogP contribution in [-0.2, 0) is 4.79 Å². The van der Waals surface area contributed by atoms with Gasteiger partial charge in [-0.15, -0.1) is 6.58 Å². The maximum atomic E-state index is 11.3. The second-order valence-corrected chi connectivity index (χ2v) is 9.12. The van der Waals surface area contributed by atoms with Gasteiger partial charge >= 0.3 is 5.97 Å². The minimum absolute atomic E-state index is 0.345. The van der Waals surface area contributed by atoms with Crippen LogP contribution in [0.4, 0.5) is 0 Å². The molecule has 3 rings (SSSR count). The van der Waals surface area contributed by atoms with Crippen molar-refractivity contribution in [2.75, 3.05) is 25.4 Å². The molecule has 1 aliphatic carbocycles. The third-order valence-corrected chi connectivity index (χ3v) is 7.71. The Labute approximate surface area is 144 Å². The number of likely N-dealkylation sites (tertiary alicyclic amines) is 1. The summed E-state index contributed by atoms with van der Waals surface area (Å²) in [7, 11) is 0. The van der Waals surface area contributed by atoms with Crippen molar-refractivity contribution >= 4 is 17.7 Å². The molecule has 2 aliphatic heterocycles. The lowest BCUT2D eigenvalue weighted by Gasteiger charge is -2.27. The molecule has 23 heavy (non-hydrogen) atoms. The van der Waals surface area contributed by atoms with Crippen molar-refractivity contribution in [2.45, 2.75) is 50.2 Å². The van der Waals surface area contributed by atoms with E-state index < -0.39 is 5.97 Å². The zero-order valence-corrected chi connectivity index (χ0v) is 15.0. The van der Waals surface area contributed by atoms with Crippen LogP contribution >= 0.6 is 11.8 Å². The molecule has 2 saturated heterocycles. The van der Waals surface area contributed by atoms with Gasteiger partial charge in [-0.05, 0) is 48.7 Å². The van der Waals surface area contributed by atoms with Crippen LogP contribution in [-0.4, -0.2) is 46.6 Å². The van der Waals surface area contributed by atoms with E-state index in [0.29, 0.717) is 29.4 Å². The molecule has 2 heterocycles. The third kappa shape index (κ3) is 4.54. The molecule has 4 atom stereocenters. The summed E-state index contributed by atoms with van der Waals surface area (Å²) in [6, 6.07) is 0. The highest BCUT2D eigenvalue weighted by molar-refractivity contribution is 8.00. The number of allylic oxidation sites excluding steroid dienone is 1. The third-order valence-electron chi connectivity index (χ3n) is 6.12. The summed E-state index contributed by atoms with van der Waals surface area (Å²) in [5, 5.41) is 9.94. The number of carboxylic acids is 1. The summed E-state index contributed by atoms with van der Waals surface area (Å²) in [6.45, 7) is 7.27. The molecule has 0 aromatic heterocycles. The van der Waals surface area contributed by atoms with Crippen LogP contribution in [0.5, 0.6) is 0 Å². The van der Waals surface area contributed by atoms with E-state index in [0.717, 1.165) is 19.0 Å². The predicted octanol–water partition coefficient (Wildman–Crippen LogP) is 3.90. The first kappa shape index (κ1) is 17.3. The van der Waals surface area contributed by atoms with Crippen molar-refractivity contribution in [1.29, 1.82) is 0 Å². The Morgan fingerprint density at radius 3 is 2.70 bits per heavy atom. The average Bonchev–Trinajstić information content (AvgIpc) is 3.14. The first-order valence-corrected chi connectivity index (χ1v) is 10.4. The summed E-state index contributed by atoms with van der Waals surface area (Å²) in [5.41, 5.74) is 0. The van der Waals surface area contributed by atoms with Crippen molar-refractivity contribution in [3.63, 3.8) is 0 Å². The fourth-order valence-corrected chi connectivity index (χ4v) is 6.58. The van der Waals surface area contributed by atoms with Gasteiger partial charge in [-0.3, -0.25) is 4.79 Å². The van der Waals surface area contributed by atoms with Crippen LogP contribution in [0.2, 0.25) is 0 Å². The highest BCUT2D eigenvalue weighted by Gasteiger charge is 2.41. The molecule has 0 radical (unpaired) electrons. The molecule has 4 unspecified atom stereocenters. The number of carboxylic acid groups (broad SMARTS) is 1. The van der Waals surface area contributed by atoms with Crippen molar-refractivity contribution in [3.8, 4) is 0 Å². The van der Waals surface area contributed by atoms with Crippen LogP contribution < -0.4 is 0 Å². The summed E-state index contributed by atoms with van der Waals surface area (Å²) in [6.07, 6.45) is 10.6. The van der Waals surface area contributed by atoms with Gasteiger partial charge in [0.2, 0.25) is 0 Å². The van der Waals surface area contributed by atoms with Crippen LogP contribution in [0.3, 0.4) is 0 Å². The van der Waals surface area contributed by atoms with E-state index in [4.69, 9.17) is 0 Å². The first-order chi connectivity index (χ1) is 11.2. The predicted molar refractivity (Wildman–Crippen MR) is 96.8 cm³/mol. The van der Waals surface area contributed by atoms with Crippen LogP contribution in [0.1, 0.15) is 44.9 Å². The first-order valence-electron chi connectivity index (χ1n) is 9.34. The fraction of sp³-hybridized carbons (Fsp3) is 0.842. The van der Waals surface area contributed by atoms with Gasteiger partial charge in [-0.25, -0.2) is 0 Å². The Hall–Kier alpha value is -0.480. The molecule has 0 bridgehead atoms. The lowest BCUT2D eigenvalue weighted by atomic mass is 9.86. The number of nitrogens with zero attached hydrogens (tertiary/aromatic N) is 1. The van der Waals surface area contributed by atoms with E-state index in [2.05, 4.69) is 29.3 Å². The minimum atomic E-state index is -0.622. The van der Waals surface area contributed by atoms with Gasteiger partial charge in [0.15, 0.2) is 0 Å². The van der Waals surface area contributed by atoms with E-state index in [-0.39, 0.29) is 0 Å². The second kappa shape index (κ2) is 8.06. The SMILES string of the molecule is C=CC1CSC(C2CN(CC3CCCCC3)CC2CC(=O)O)C1. The zero-order valence-electron chi connectivity index (χ0n) is 14.2. The quantitative estimate of drug-likeness (QED) is 0.746. The molecule has 4 heteroatoms. The smallest absolute Gasteiger partial charge is 0.303 e. The molecule has 0 amide bonds. The van der Waals surface area contributed by atoms with Crippen LogP contribution in [0.15, 0.2) is 12.7 Å². The Morgan fingerprint density at radius 2 is 2.04 bits per heavy atom. The number of rotatable bonds is 6. The zero-order chi connectivity index (χ0) is 16.2. The topological polar surface area (TPSA) is 40.5 Å². The number of aliphatic carboxylic acids is 1. The number of hydrogen-bond acceptors (Lipinski definition) is 3. The summed E-state index contributed by atoms with van der Waals surface area (Å²) in [5.74, 6) is 2.94. The van der Waals surface area contributed by atoms with Crippen molar-refractivity contribution in [3.05, 3.63) is 12.7 Å². The molecule has 130 valence electrons. The normalized spacial score (nSPS) is 36.3. The summed E-state index contributed by atoms with van der Waals surface area (Å²) in [4.78, 5) is 13.9. The largest absolute Gasteiger partial charge is 0.481 e. The molecule has 3 fully saturated rings. The van der Waals surface area contributed by atoms with Crippen LogP contribution in [0, 0.1) is 23.7 Å². The molecule has 1 saturated carbocycles. The number of carbonyl (C=O) groups is 1. The molecule has 1 N–H and O–H groups in total. The molecular formula is C19H31NO2S. The second-order valence-electron chi connectivity index (χ2n) is 7.85. The Bertz CT molecular complexity index is 422. The number of hydrogen-bond donors (Lipinski definition) is 1. The molecule has 0 aromatic carbocycles. The van der Waals surface area contributed by atoms with Gasteiger partial charge in [0, 0.05) is 31.3 Å². The van der Waals surface area contributed by atoms with Crippen molar-refractivity contribution in [1.82, 2.24) is 4.90 Å². The van der Waals surface area contributed by atoms with E-state index in [1.165, 1.54) is 50.8 Å². The van der Waals surface area contributed by atoms with Gasteiger partial charge in [0.05, 0.1) is 0 Å².